The zero-order valence-electron chi connectivity index (χ0n) is 11.1. The molecule has 2 aromatic carbocycles. The molecule has 0 unspecified atom stereocenters. The molecule has 0 saturated carbocycles. The Balaban J connectivity index is 2.11. The fourth-order valence-corrected chi connectivity index (χ4v) is 2.47. The molecule has 0 aromatic heterocycles. The van der Waals surface area contributed by atoms with Crippen LogP contribution in [0.4, 0.5) is 11.4 Å². The van der Waals surface area contributed by atoms with E-state index in [1.807, 2.05) is 31.2 Å². The fourth-order valence-electron chi connectivity index (χ4n) is 1.83. The summed E-state index contributed by atoms with van der Waals surface area (Å²) in [5.41, 5.74) is 8.92. The molecule has 0 radical (unpaired) electrons. The van der Waals surface area contributed by atoms with Crippen LogP contribution in [0.5, 0.6) is 0 Å². The lowest BCUT2D eigenvalue weighted by Gasteiger charge is -2.09. The zero-order valence-corrected chi connectivity index (χ0v) is 11.9. The van der Waals surface area contributed by atoms with Crippen LogP contribution in [0.25, 0.3) is 0 Å². The Morgan fingerprint density at radius 3 is 2.30 bits per heavy atom. The molecule has 2 rings (SSSR count). The first-order chi connectivity index (χ1) is 9.36. The Morgan fingerprint density at radius 2 is 1.75 bits per heavy atom. The number of nitrogens with two attached hydrogens (primary N) is 2. The van der Waals surface area contributed by atoms with Crippen molar-refractivity contribution in [3.8, 4) is 0 Å². The van der Waals surface area contributed by atoms with Gasteiger partial charge in [0, 0.05) is 12.2 Å². The number of rotatable bonds is 4. The predicted molar refractivity (Wildman–Crippen MR) is 80.7 cm³/mol. The lowest BCUT2D eigenvalue weighted by Crippen LogP contribution is -2.14. The second kappa shape index (κ2) is 5.52. The van der Waals surface area contributed by atoms with E-state index in [9.17, 15) is 8.42 Å². The second-order valence-electron chi connectivity index (χ2n) is 4.64. The minimum atomic E-state index is -3.77. The molecule has 106 valence electrons. The van der Waals surface area contributed by atoms with Crippen LogP contribution in [-0.2, 0) is 16.6 Å². The summed E-state index contributed by atoms with van der Waals surface area (Å²) in [6.45, 7) is 2.67. The number of nitrogens with one attached hydrogen (secondary N) is 1. The first-order valence-electron chi connectivity index (χ1n) is 6.08. The molecule has 6 heteroatoms. The van der Waals surface area contributed by atoms with E-state index >= 15 is 0 Å². The van der Waals surface area contributed by atoms with Gasteiger partial charge >= 0.3 is 0 Å². The number of primary sulfonamides is 1. The monoisotopic (exact) mass is 291 g/mol. The van der Waals surface area contributed by atoms with Crippen molar-refractivity contribution in [2.45, 2.75) is 18.4 Å². The molecule has 0 aliphatic carbocycles. The Hall–Kier alpha value is -2.05. The maximum Gasteiger partial charge on any atom is 0.240 e. The van der Waals surface area contributed by atoms with Crippen LogP contribution < -0.4 is 16.2 Å². The molecule has 0 fully saturated rings. The lowest BCUT2D eigenvalue weighted by atomic mass is 10.1. The average Bonchev–Trinajstić information content (AvgIpc) is 2.36. The summed E-state index contributed by atoms with van der Waals surface area (Å²) < 4.78 is 22.5. The molecule has 0 bridgehead atoms. The van der Waals surface area contributed by atoms with E-state index in [1.165, 1.54) is 11.6 Å². The first kappa shape index (κ1) is 14.4. The van der Waals surface area contributed by atoms with E-state index in [4.69, 9.17) is 10.9 Å². The minimum absolute atomic E-state index is 0.0571. The SMILES string of the molecule is Cc1ccc(CNc2ccc(S(N)(=O)=O)c(N)c2)cc1. The van der Waals surface area contributed by atoms with Crippen LogP contribution in [-0.4, -0.2) is 8.42 Å². The number of hydrogen-bond acceptors (Lipinski definition) is 4. The van der Waals surface area contributed by atoms with Crippen LogP contribution >= 0.6 is 0 Å². The summed E-state index contributed by atoms with van der Waals surface area (Å²) in [4.78, 5) is -0.0571. The Kier molecular flexibility index (Phi) is 3.96. The summed E-state index contributed by atoms with van der Waals surface area (Å²) in [5.74, 6) is 0. The number of aryl methyl sites for hydroxylation is 1. The standard InChI is InChI=1S/C14H17N3O2S/c1-10-2-4-11(5-3-10)9-17-12-6-7-14(13(15)8-12)20(16,18)19/h2-8,17H,9,15H2,1H3,(H2,16,18,19). The van der Waals surface area contributed by atoms with E-state index in [1.54, 1.807) is 12.1 Å². The maximum absolute atomic E-state index is 11.3. The highest BCUT2D eigenvalue weighted by Crippen LogP contribution is 2.21. The van der Waals surface area contributed by atoms with Gasteiger partial charge in [0.25, 0.3) is 0 Å². The fraction of sp³-hybridized carbons (Fsp3) is 0.143. The third kappa shape index (κ3) is 3.49. The molecule has 0 saturated heterocycles. The zero-order chi connectivity index (χ0) is 14.8. The topological polar surface area (TPSA) is 98.2 Å². The van der Waals surface area contributed by atoms with Crippen molar-refractivity contribution >= 4 is 21.4 Å². The lowest BCUT2D eigenvalue weighted by molar-refractivity contribution is 0.598. The van der Waals surface area contributed by atoms with E-state index in [0.29, 0.717) is 6.54 Å². The summed E-state index contributed by atoms with van der Waals surface area (Å²) in [7, 11) is -3.77. The molecule has 0 amide bonds. The highest BCUT2D eigenvalue weighted by atomic mass is 32.2. The van der Waals surface area contributed by atoms with Crippen LogP contribution in [0.15, 0.2) is 47.4 Å². The Morgan fingerprint density at radius 1 is 1.10 bits per heavy atom. The Bertz CT molecular complexity index is 710. The van der Waals surface area contributed by atoms with E-state index in [2.05, 4.69) is 5.32 Å². The summed E-state index contributed by atoms with van der Waals surface area (Å²) in [6, 6.07) is 12.8. The summed E-state index contributed by atoms with van der Waals surface area (Å²) in [5, 5.41) is 8.24. The number of nitrogen functional groups attached to an aromatic ring is 1. The highest BCUT2D eigenvalue weighted by Gasteiger charge is 2.12. The molecular formula is C14H17N3O2S. The van der Waals surface area contributed by atoms with Gasteiger partial charge in [0.05, 0.1) is 5.69 Å². The molecule has 5 N–H and O–H groups in total. The van der Waals surface area contributed by atoms with Crippen LogP contribution in [0.2, 0.25) is 0 Å². The smallest absolute Gasteiger partial charge is 0.240 e. The number of anilines is 2. The summed E-state index contributed by atoms with van der Waals surface area (Å²) in [6.07, 6.45) is 0. The van der Waals surface area contributed by atoms with Gasteiger partial charge in [0.15, 0.2) is 0 Å². The van der Waals surface area contributed by atoms with Gasteiger partial charge in [-0.05, 0) is 30.7 Å². The molecule has 0 atom stereocenters. The number of sulfonamides is 1. The Labute approximate surface area is 118 Å². The van der Waals surface area contributed by atoms with Gasteiger partial charge in [0.1, 0.15) is 4.90 Å². The molecular weight excluding hydrogens is 274 g/mol. The quantitative estimate of drug-likeness (QED) is 0.748. The van der Waals surface area contributed by atoms with Crippen LogP contribution in [0, 0.1) is 6.92 Å². The van der Waals surface area contributed by atoms with Gasteiger partial charge in [-0.2, -0.15) is 0 Å². The van der Waals surface area contributed by atoms with Crippen LogP contribution in [0.3, 0.4) is 0 Å². The normalized spacial score (nSPS) is 11.3. The van der Waals surface area contributed by atoms with Crippen LogP contribution in [0.1, 0.15) is 11.1 Å². The summed E-state index contributed by atoms with van der Waals surface area (Å²) >= 11 is 0. The third-order valence-corrected chi connectivity index (χ3v) is 3.92. The first-order valence-corrected chi connectivity index (χ1v) is 7.62. The van der Waals surface area contributed by atoms with Crippen molar-refractivity contribution in [3.63, 3.8) is 0 Å². The van der Waals surface area contributed by atoms with Gasteiger partial charge in [-0.3, -0.25) is 0 Å². The molecule has 2 aromatic rings. The van der Waals surface area contributed by atoms with Crippen molar-refractivity contribution in [2.75, 3.05) is 11.1 Å². The van der Waals surface area contributed by atoms with Crippen molar-refractivity contribution in [1.29, 1.82) is 0 Å². The number of benzene rings is 2. The number of hydrogen-bond donors (Lipinski definition) is 3. The van der Waals surface area contributed by atoms with Crippen molar-refractivity contribution < 1.29 is 8.42 Å². The van der Waals surface area contributed by atoms with Gasteiger partial charge in [-0.15, -0.1) is 0 Å². The van der Waals surface area contributed by atoms with Crippen molar-refractivity contribution in [1.82, 2.24) is 0 Å². The molecule has 0 heterocycles. The van der Waals surface area contributed by atoms with E-state index < -0.39 is 10.0 Å². The maximum atomic E-state index is 11.3. The van der Waals surface area contributed by atoms with E-state index in [-0.39, 0.29) is 10.6 Å². The average molecular weight is 291 g/mol. The molecule has 0 spiro atoms. The second-order valence-corrected chi connectivity index (χ2v) is 6.17. The van der Waals surface area contributed by atoms with Gasteiger partial charge in [-0.25, -0.2) is 13.6 Å². The molecule has 0 aliphatic rings. The highest BCUT2D eigenvalue weighted by molar-refractivity contribution is 7.89. The molecule has 5 nitrogen and oxygen atoms in total. The third-order valence-electron chi connectivity index (χ3n) is 2.93. The minimum Gasteiger partial charge on any atom is -0.398 e. The van der Waals surface area contributed by atoms with Gasteiger partial charge < -0.3 is 11.1 Å². The van der Waals surface area contributed by atoms with Gasteiger partial charge in [0.2, 0.25) is 10.0 Å². The van der Waals surface area contributed by atoms with E-state index in [0.717, 1.165) is 11.3 Å². The molecule has 20 heavy (non-hydrogen) atoms. The van der Waals surface area contributed by atoms with Gasteiger partial charge in [-0.1, -0.05) is 29.8 Å². The molecule has 0 aliphatic heterocycles. The predicted octanol–water partition coefficient (Wildman–Crippen LogP) is 1.84. The van der Waals surface area contributed by atoms with Crippen molar-refractivity contribution in [3.05, 3.63) is 53.6 Å². The van der Waals surface area contributed by atoms with Crippen molar-refractivity contribution in [2.24, 2.45) is 5.14 Å². The largest absolute Gasteiger partial charge is 0.398 e.